The lowest BCUT2D eigenvalue weighted by atomic mass is 10.2. The van der Waals surface area contributed by atoms with Gasteiger partial charge < -0.3 is 10.6 Å². The Balaban J connectivity index is 1.93. The number of aliphatic imine (C=N–C) groups is 1. The zero-order valence-corrected chi connectivity index (χ0v) is 13.5. The first-order chi connectivity index (χ1) is 10.5. The van der Waals surface area contributed by atoms with Gasteiger partial charge in [0, 0.05) is 24.0 Å². The lowest BCUT2D eigenvalue weighted by Gasteiger charge is -2.12. The average Bonchev–Trinajstić information content (AvgIpc) is 2.80. The molecule has 0 saturated heterocycles. The molecule has 1 heterocycles. The van der Waals surface area contributed by atoms with Gasteiger partial charge in [-0.15, -0.1) is 11.3 Å². The molecule has 0 aliphatic heterocycles. The zero-order valence-electron chi connectivity index (χ0n) is 12.7. The molecule has 2 aromatic rings. The topological polar surface area (TPSA) is 49.3 Å². The molecular weight excluding hydrogens is 306 g/mol. The van der Waals surface area contributed by atoms with E-state index in [0.29, 0.717) is 12.5 Å². The second-order valence-electron chi connectivity index (χ2n) is 4.76. The summed E-state index contributed by atoms with van der Waals surface area (Å²) in [5.41, 5.74) is 1.24. The van der Waals surface area contributed by atoms with Crippen LogP contribution in [0.4, 0.5) is 8.78 Å². The van der Waals surface area contributed by atoms with Crippen LogP contribution >= 0.6 is 11.3 Å². The average molecular weight is 324 g/mol. The summed E-state index contributed by atoms with van der Waals surface area (Å²) in [6.45, 7) is 4.66. The van der Waals surface area contributed by atoms with Crippen molar-refractivity contribution in [2.24, 2.45) is 4.99 Å². The fraction of sp³-hybridized carbons (Fsp3) is 0.333. The monoisotopic (exact) mass is 324 g/mol. The minimum absolute atomic E-state index is 0.157. The molecular formula is C15H18F2N4S. The third-order valence-electron chi connectivity index (χ3n) is 3.09. The first-order valence-corrected chi connectivity index (χ1v) is 7.62. The molecule has 0 fully saturated rings. The Hall–Kier alpha value is -2.02. The van der Waals surface area contributed by atoms with Crippen molar-refractivity contribution in [3.05, 3.63) is 51.0 Å². The van der Waals surface area contributed by atoms with Gasteiger partial charge >= 0.3 is 0 Å². The second kappa shape index (κ2) is 7.31. The summed E-state index contributed by atoms with van der Waals surface area (Å²) in [6.07, 6.45) is 0. The summed E-state index contributed by atoms with van der Waals surface area (Å²) in [7, 11) is 1.63. The standard InChI is InChI=1S/C15H18F2N4S/c1-9-14(22-10(2)21-9)8-20-15(18-3)19-7-11-6-12(16)4-5-13(11)17/h4-6H,7-8H2,1-3H3,(H2,18,19,20). The Kier molecular flexibility index (Phi) is 5.43. The quantitative estimate of drug-likeness (QED) is 0.671. The lowest BCUT2D eigenvalue weighted by molar-refractivity contribution is 0.581. The summed E-state index contributed by atoms with van der Waals surface area (Å²) in [5.74, 6) is -0.385. The third kappa shape index (κ3) is 4.24. The maximum atomic E-state index is 13.6. The molecule has 1 aromatic heterocycles. The van der Waals surface area contributed by atoms with E-state index in [-0.39, 0.29) is 12.1 Å². The Labute approximate surface area is 132 Å². The largest absolute Gasteiger partial charge is 0.352 e. The molecule has 0 bridgehead atoms. The van der Waals surface area contributed by atoms with E-state index in [1.165, 1.54) is 6.07 Å². The molecule has 7 heteroatoms. The van der Waals surface area contributed by atoms with Crippen molar-refractivity contribution in [3.63, 3.8) is 0 Å². The highest BCUT2D eigenvalue weighted by Gasteiger charge is 2.07. The predicted octanol–water partition coefficient (Wildman–Crippen LogP) is 2.90. The van der Waals surface area contributed by atoms with Crippen LogP contribution in [0.15, 0.2) is 23.2 Å². The first-order valence-electron chi connectivity index (χ1n) is 6.81. The van der Waals surface area contributed by atoms with Crippen molar-refractivity contribution in [1.29, 1.82) is 0 Å². The van der Waals surface area contributed by atoms with E-state index < -0.39 is 11.6 Å². The summed E-state index contributed by atoms with van der Waals surface area (Å²) < 4.78 is 26.7. The number of nitrogens with zero attached hydrogens (tertiary/aromatic N) is 2. The molecule has 0 amide bonds. The number of guanidine groups is 1. The van der Waals surface area contributed by atoms with Gasteiger partial charge in [0.15, 0.2) is 5.96 Å². The van der Waals surface area contributed by atoms with Crippen LogP contribution in [0.2, 0.25) is 0 Å². The summed E-state index contributed by atoms with van der Waals surface area (Å²) >= 11 is 1.62. The van der Waals surface area contributed by atoms with E-state index in [0.717, 1.165) is 27.7 Å². The third-order valence-corrected chi connectivity index (χ3v) is 4.17. The molecule has 118 valence electrons. The van der Waals surface area contributed by atoms with Crippen molar-refractivity contribution in [3.8, 4) is 0 Å². The minimum Gasteiger partial charge on any atom is -0.352 e. The van der Waals surface area contributed by atoms with E-state index in [9.17, 15) is 8.78 Å². The summed E-state index contributed by atoms with van der Waals surface area (Å²) in [5, 5.41) is 7.12. The van der Waals surface area contributed by atoms with Gasteiger partial charge in [-0.3, -0.25) is 4.99 Å². The van der Waals surface area contributed by atoms with Crippen LogP contribution in [0, 0.1) is 25.5 Å². The fourth-order valence-electron chi connectivity index (χ4n) is 1.98. The van der Waals surface area contributed by atoms with Gasteiger partial charge in [0.25, 0.3) is 0 Å². The van der Waals surface area contributed by atoms with Crippen LogP contribution in [0.5, 0.6) is 0 Å². The van der Waals surface area contributed by atoms with Crippen molar-refractivity contribution in [1.82, 2.24) is 15.6 Å². The van der Waals surface area contributed by atoms with Gasteiger partial charge in [-0.25, -0.2) is 13.8 Å². The molecule has 2 N–H and O–H groups in total. The van der Waals surface area contributed by atoms with E-state index in [1.54, 1.807) is 18.4 Å². The van der Waals surface area contributed by atoms with E-state index in [4.69, 9.17) is 0 Å². The van der Waals surface area contributed by atoms with Gasteiger partial charge in [0.2, 0.25) is 0 Å². The molecule has 0 aliphatic rings. The molecule has 0 atom stereocenters. The summed E-state index contributed by atoms with van der Waals surface area (Å²) in [6, 6.07) is 3.39. The number of halogens is 2. The molecule has 0 aliphatic carbocycles. The van der Waals surface area contributed by atoms with Crippen LogP contribution in [0.25, 0.3) is 0 Å². The Morgan fingerprint density at radius 1 is 1.23 bits per heavy atom. The predicted molar refractivity (Wildman–Crippen MR) is 85.0 cm³/mol. The van der Waals surface area contributed by atoms with Crippen LogP contribution < -0.4 is 10.6 Å². The molecule has 0 spiro atoms. The van der Waals surface area contributed by atoms with Crippen molar-refractivity contribution >= 4 is 17.3 Å². The second-order valence-corrected chi connectivity index (χ2v) is 6.04. The smallest absolute Gasteiger partial charge is 0.191 e. The highest BCUT2D eigenvalue weighted by atomic mass is 32.1. The van der Waals surface area contributed by atoms with Gasteiger partial charge in [-0.1, -0.05) is 0 Å². The van der Waals surface area contributed by atoms with Gasteiger partial charge in [-0.05, 0) is 32.0 Å². The molecule has 0 unspecified atom stereocenters. The Bertz CT molecular complexity index is 682. The van der Waals surface area contributed by atoms with Gasteiger partial charge in [-0.2, -0.15) is 0 Å². The fourth-order valence-corrected chi connectivity index (χ4v) is 2.86. The zero-order chi connectivity index (χ0) is 16.1. The van der Waals surface area contributed by atoms with Crippen LogP contribution in [0.3, 0.4) is 0 Å². The number of hydrogen-bond acceptors (Lipinski definition) is 3. The molecule has 4 nitrogen and oxygen atoms in total. The number of benzene rings is 1. The number of aryl methyl sites for hydroxylation is 2. The Morgan fingerprint density at radius 3 is 2.59 bits per heavy atom. The molecule has 22 heavy (non-hydrogen) atoms. The number of thiazole rings is 1. The highest BCUT2D eigenvalue weighted by Crippen LogP contribution is 2.16. The van der Waals surface area contributed by atoms with Crippen molar-refractivity contribution < 1.29 is 8.78 Å². The Morgan fingerprint density at radius 2 is 1.95 bits per heavy atom. The van der Waals surface area contributed by atoms with Crippen LogP contribution in [-0.4, -0.2) is 18.0 Å². The lowest BCUT2D eigenvalue weighted by Crippen LogP contribution is -2.36. The molecule has 0 saturated carbocycles. The first kappa shape index (κ1) is 16.4. The number of hydrogen-bond donors (Lipinski definition) is 2. The van der Waals surface area contributed by atoms with Crippen molar-refractivity contribution in [2.75, 3.05) is 7.05 Å². The molecule has 2 rings (SSSR count). The van der Waals surface area contributed by atoms with E-state index in [1.807, 2.05) is 13.8 Å². The van der Waals surface area contributed by atoms with Crippen LogP contribution in [0.1, 0.15) is 21.1 Å². The maximum Gasteiger partial charge on any atom is 0.191 e. The van der Waals surface area contributed by atoms with Crippen LogP contribution in [-0.2, 0) is 13.1 Å². The maximum absolute atomic E-state index is 13.6. The molecule has 1 aromatic carbocycles. The SMILES string of the molecule is CN=C(NCc1cc(F)ccc1F)NCc1sc(C)nc1C. The van der Waals surface area contributed by atoms with Crippen molar-refractivity contribution in [2.45, 2.75) is 26.9 Å². The van der Waals surface area contributed by atoms with Gasteiger partial charge in [0.05, 0.1) is 17.2 Å². The molecule has 0 radical (unpaired) electrons. The number of aromatic nitrogens is 1. The normalized spacial score (nSPS) is 11.6. The number of rotatable bonds is 4. The highest BCUT2D eigenvalue weighted by molar-refractivity contribution is 7.11. The number of nitrogens with one attached hydrogen (secondary N) is 2. The van der Waals surface area contributed by atoms with E-state index >= 15 is 0 Å². The van der Waals surface area contributed by atoms with Gasteiger partial charge in [0.1, 0.15) is 11.6 Å². The minimum atomic E-state index is -0.461. The van der Waals surface area contributed by atoms with E-state index in [2.05, 4.69) is 20.6 Å². The summed E-state index contributed by atoms with van der Waals surface area (Å²) in [4.78, 5) is 9.55.